The van der Waals surface area contributed by atoms with E-state index in [2.05, 4.69) is 24.0 Å². The maximum absolute atomic E-state index is 13.1. The lowest BCUT2D eigenvalue weighted by molar-refractivity contribution is -0.123. The molecule has 0 aromatic heterocycles. The molecule has 2 aliphatic heterocycles. The highest BCUT2D eigenvalue weighted by Crippen LogP contribution is 2.47. The van der Waals surface area contributed by atoms with Gasteiger partial charge in [0.25, 0.3) is 0 Å². The van der Waals surface area contributed by atoms with Gasteiger partial charge in [-0.05, 0) is 37.2 Å². The van der Waals surface area contributed by atoms with Crippen molar-refractivity contribution in [3.63, 3.8) is 0 Å². The average Bonchev–Trinajstić information content (AvgIpc) is 3.04. The number of hydrogen-bond donors (Lipinski definition) is 0. The van der Waals surface area contributed by atoms with Gasteiger partial charge in [-0.3, -0.25) is 14.5 Å². The number of imide groups is 1. The Morgan fingerprint density at radius 1 is 0.917 bits per heavy atom. The van der Waals surface area contributed by atoms with E-state index in [9.17, 15) is 9.59 Å². The van der Waals surface area contributed by atoms with Crippen LogP contribution in [0.4, 0.5) is 5.69 Å². The van der Waals surface area contributed by atoms with Crippen molar-refractivity contribution in [2.45, 2.75) is 13.0 Å². The molecule has 0 spiro atoms. The molecule has 0 unspecified atom stereocenters. The second-order valence-electron chi connectivity index (χ2n) is 6.72. The topological polar surface area (TPSA) is 40.6 Å². The zero-order valence-corrected chi connectivity index (χ0v) is 13.8. The van der Waals surface area contributed by atoms with Crippen LogP contribution in [0.5, 0.6) is 0 Å². The van der Waals surface area contributed by atoms with Gasteiger partial charge in [-0.15, -0.1) is 0 Å². The summed E-state index contributed by atoms with van der Waals surface area (Å²) in [5.41, 5.74) is 2.98. The summed E-state index contributed by atoms with van der Waals surface area (Å²) in [6.45, 7) is 2.68. The summed E-state index contributed by atoms with van der Waals surface area (Å²) < 4.78 is 0. The SMILES string of the molecule is Cc1ccccc1[C@@H]1[C@H]2C(=O)N(c3ccccc3)C(=O)[C@H]2CN1C. The summed E-state index contributed by atoms with van der Waals surface area (Å²) in [6, 6.07) is 17.3. The van der Waals surface area contributed by atoms with E-state index >= 15 is 0 Å². The van der Waals surface area contributed by atoms with E-state index in [0.717, 1.165) is 11.1 Å². The number of anilines is 1. The van der Waals surface area contributed by atoms with Crippen molar-refractivity contribution in [3.8, 4) is 0 Å². The third-order valence-electron chi connectivity index (χ3n) is 5.30. The van der Waals surface area contributed by atoms with Crippen LogP contribution in [0.1, 0.15) is 17.2 Å². The van der Waals surface area contributed by atoms with Gasteiger partial charge in [0.15, 0.2) is 0 Å². The fourth-order valence-corrected chi connectivity index (χ4v) is 4.18. The van der Waals surface area contributed by atoms with Gasteiger partial charge in [0, 0.05) is 12.6 Å². The molecule has 0 N–H and O–H groups in total. The second kappa shape index (κ2) is 5.56. The molecule has 4 heteroatoms. The van der Waals surface area contributed by atoms with Gasteiger partial charge >= 0.3 is 0 Å². The lowest BCUT2D eigenvalue weighted by Crippen LogP contribution is -2.36. The molecule has 2 amide bonds. The summed E-state index contributed by atoms with van der Waals surface area (Å²) in [5, 5.41) is 0. The highest BCUT2D eigenvalue weighted by molar-refractivity contribution is 6.22. The van der Waals surface area contributed by atoms with Crippen molar-refractivity contribution in [1.82, 2.24) is 4.90 Å². The molecule has 0 saturated carbocycles. The van der Waals surface area contributed by atoms with Crippen molar-refractivity contribution in [1.29, 1.82) is 0 Å². The van der Waals surface area contributed by atoms with Crippen LogP contribution < -0.4 is 4.90 Å². The zero-order chi connectivity index (χ0) is 16.8. The Balaban J connectivity index is 1.75. The number of carbonyl (C=O) groups excluding carboxylic acids is 2. The summed E-state index contributed by atoms with van der Waals surface area (Å²) in [4.78, 5) is 29.5. The summed E-state index contributed by atoms with van der Waals surface area (Å²) in [6.07, 6.45) is 0. The number of para-hydroxylation sites is 1. The minimum absolute atomic E-state index is 0.0404. The van der Waals surface area contributed by atoms with Gasteiger partial charge in [-0.25, -0.2) is 4.90 Å². The molecule has 2 saturated heterocycles. The molecule has 0 bridgehead atoms. The summed E-state index contributed by atoms with van der Waals surface area (Å²) >= 11 is 0. The zero-order valence-electron chi connectivity index (χ0n) is 13.8. The molecule has 2 aliphatic rings. The van der Waals surface area contributed by atoms with E-state index in [4.69, 9.17) is 0 Å². The van der Waals surface area contributed by atoms with Crippen LogP contribution in [0, 0.1) is 18.8 Å². The maximum atomic E-state index is 13.1. The minimum atomic E-state index is -0.302. The van der Waals surface area contributed by atoms with Crippen LogP contribution in [0.3, 0.4) is 0 Å². The predicted molar refractivity (Wildman–Crippen MR) is 92.5 cm³/mol. The van der Waals surface area contributed by atoms with Crippen molar-refractivity contribution >= 4 is 17.5 Å². The van der Waals surface area contributed by atoms with Crippen molar-refractivity contribution in [2.24, 2.45) is 11.8 Å². The molecule has 0 radical (unpaired) electrons. The van der Waals surface area contributed by atoms with Crippen LogP contribution in [-0.4, -0.2) is 30.3 Å². The van der Waals surface area contributed by atoms with Crippen LogP contribution in [0.2, 0.25) is 0 Å². The Labute approximate surface area is 141 Å². The molecule has 4 rings (SSSR count). The number of aryl methyl sites for hydroxylation is 1. The minimum Gasteiger partial charge on any atom is -0.298 e. The largest absolute Gasteiger partial charge is 0.298 e. The van der Waals surface area contributed by atoms with Gasteiger partial charge in [0.1, 0.15) is 0 Å². The van der Waals surface area contributed by atoms with Crippen LogP contribution >= 0.6 is 0 Å². The van der Waals surface area contributed by atoms with E-state index in [1.54, 1.807) is 0 Å². The first-order valence-electron chi connectivity index (χ1n) is 8.28. The first-order valence-corrected chi connectivity index (χ1v) is 8.28. The molecule has 2 heterocycles. The monoisotopic (exact) mass is 320 g/mol. The van der Waals surface area contributed by atoms with Crippen LogP contribution in [-0.2, 0) is 9.59 Å². The van der Waals surface area contributed by atoms with Crippen molar-refractivity contribution < 1.29 is 9.59 Å². The molecule has 2 fully saturated rings. The van der Waals surface area contributed by atoms with Crippen LogP contribution in [0.25, 0.3) is 0 Å². The first kappa shape index (κ1) is 15.1. The average molecular weight is 320 g/mol. The smallest absolute Gasteiger partial charge is 0.239 e. The molecular weight excluding hydrogens is 300 g/mol. The van der Waals surface area contributed by atoms with Gasteiger partial charge in [0.2, 0.25) is 11.8 Å². The first-order chi connectivity index (χ1) is 11.6. The second-order valence-corrected chi connectivity index (χ2v) is 6.72. The lowest BCUT2D eigenvalue weighted by Gasteiger charge is -2.27. The fraction of sp³-hybridized carbons (Fsp3) is 0.300. The fourth-order valence-electron chi connectivity index (χ4n) is 4.18. The van der Waals surface area contributed by atoms with E-state index < -0.39 is 0 Å². The number of hydrogen-bond acceptors (Lipinski definition) is 3. The summed E-state index contributed by atoms with van der Waals surface area (Å²) in [7, 11) is 2.00. The molecule has 2 aromatic rings. The molecule has 4 nitrogen and oxygen atoms in total. The molecule has 24 heavy (non-hydrogen) atoms. The standard InChI is InChI=1S/C20H20N2O2/c1-13-8-6-7-11-15(13)18-17-16(12-21(18)2)19(23)22(20(17)24)14-9-4-3-5-10-14/h3-11,16-18H,12H2,1-2H3/t16-,17-,18+/m0/s1. The van der Waals surface area contributed by atoms with Crippen molar-refractivity contribution in [2.75, 3.05) is 18.5 Å². The van der Waals surface area contributed by atoms with Gasteiger partial charge < -0.3 is 0 Å². The number of benzene rings is 2. The van der Waals surface area contributed by atoms with E-state index in [1.807, 2.05) is 49.5 Å². The maximum Gasteiger partial charge on any atom is 0.239 e. The number of amides is 2. The number of fused-ring (bicyclic) bond motifs is 1. The molecule has 0 aliphatic carbocycles. The van der Waals surface area contributed by atoms with E-state index in [1.165, 1.54) is 4.90 Å². The normalized spacial score (nSPS) is 26.9. The number of likely N-dealkylation sites (tertiary alicyclic amines) is 1. The Kier molecular flexibility index (Phi) is 3.50. The molecular formula is C20H20N2O2. The molecule has 122 valence electrons. The Morgan fingerprint density at radius 2 is 1.58 bits per heavy atom. The molecule has 3 atom stereocenters. The number of rotatable bonds is 2. The Bertz CT molecular complexity index is 802. The van der Waals surface area contributed by atoms with Gasteiger partial charge in [-0.1, -0.05) is 42.5 Å². The van der Waals surface area contributed by atoms with E-state index in [0.29, 0.717) is 12.2 Å². The number of carbonyl (C=O) groups is 2. The van der Waals surface area contributed by atoms with Crippen LogP contribution in [0.15, 0.2) is 54.6 Å². The lowest BCUT2D eigenvalue weighted by atomic mass is 9.87. The predicted octanol–water partition coefficient (Wildman–Crippen LogP) is 2.79. The quantitative estimate of drug-likeness (QED) is 0.799. The van der Waals surface area contributed by atoms with Gasteiger partial charge in [-0.2, -0.15) is 0 Å². The third-order valence-corrected chi connectivity index (χ3v) is 5.30. The summed E-state index contributed by atoms with van der Waals surface area (Å²) in [5.74, 6) is -0.705. The highest BCUT2D eigenvalue weighted by Gasteiger charge is 2.57. The number of nitrogens with zero attached hydrogens (tertiary/aromatic N) is 2. The Hall–Kier alpha value is -2.46. The van der Waals surface area contributed by atoms with Crippen molar-refractivity contribution in [3.05, 3.63) is 65.7 Å². The molecule has 2 aromatic carbocycles. The Morgan fingerprint density at radius 3 is 2.29 bits per heavy atom. The van der Waals surface area contributed by atoms with Gasteiger partial charge in [0.05, 0.1) is 17.5 Å². The highest BCUT2D eigenvalue weighted by atomic mass is 16.2. The third kappa shape index (κ3) is 2.10. The van der Waals surface area contributed by atoms with E-state index in [-0.39, 0.29) is 29.7 Å².